The molecule has 0 fully saturated rings. The lowest BCUT2D eigenvalue weighted by molar-refractivity contribution is -0.114. The third-order valence-electron chi connectivity index (χ3n) is 3.87. The number of ether oxygens (including phenoxy) is 1. The third-order valence-corrected chi connectivity index (χ3v) is 4.42. The van der Waals surface area contributed by atoms with E-state index in [1.807, 2.05) is 13.0 Å². The molecule has 0 aliphatic carbocycles. The molecule has 0 atom stereocenters. The van der Waals surface area contributed by atoms with E-state index in [2.05, 4.69) is 0 Å². The molecule has 2 aromatic rings. The Balaban J connectivity index is 1.65. The number of anilines is 1. The summed E-state index contributed by atoms with van der Waals surface area (Å²) in [5.41, 5.74) is 2.08. The van der Waals surface area contributed by atoms with E-state index in [1.165, 1.54) is 4.90 Å². The number of benzene rings is 2. The fraction of sp³-hybridized carbons (Fsp3) is 0.222. The monoisotopic (exact) mass is 363 g/mol. The van der Waals surface area contributed by atoms with Gasteiger partial charge in [0.15, 0.2) is 0 Å². The number of hydrogen-bond donors (Lipinski definition) is 0. The minimum absolute atomic E-state index is 0.360. The first-order chi connectivity index (χ1) is 11.5. The van der Waals surface area contributed by atoms with Crippen molar-refractivity contribution in [3.8, 4) is 5.75 Å². The second kappa shape index (κ2) is 6.83. The van der Waals surface area contributed by atoms with Crippen molar-refractivity contribution >= 4 is 40.6 Å². The van der Waals surface area contributed by atoms with Crippen molar-refractivity contribution < 1.29 is 14.3 Å². The van der Waals surface area contributed by atoms with Crippen LogP contribution in [-0.4, -0.2) is 24.8 Å². The number of para-hydroxylation sites is 1. The topological polar surface area (TPSA) is 46.6 Å². The SMILES string of the molecule is Cc1cccc2c1N(CCCOc1cc(Cl)ccc1Cl)C(=O)C2=O. The van der Waals surface area contributed by atoms with Gasteiger partial charge in [0.1, 0.15) is 5.75 Å². The van der Waals surface area contributed by atoms with Crippen molar-refractivity contribution in [2.24, 2.45) is 0 Å². The molecule has 1 heterocycles. The van der Waals surface area contributed by atoms with Crippen molar-refractivity contribution in [3.63, 3.8) is 0 Å². The predicted molar refractivity (Wildman–Crippen MR) is 94.4 cm³/mol. The molecule has 0 spiro atoms. The molecule has 2 aromatic carbocycles. The van der Waals surface area contributed by atoms with E-state index in [9.17, 15) is 9.59 Å². The number of carbonyl (C=O) groups is 2. The van der Waals surface area contributed by atoms with Crippen LogP contribution < -0.4 is 9.64 Å². The van der Waals surface area contributed by atoms with Crippen LogP contribution in [0.2, 0.25) is 10.0 Å². The summed E-state index contributed by atoms with van der Waals surface area (Å²) < 4.78 is 5.62. The Morgan fingerprint density at radius 1 is 1.12 bits per heavy atom. The molecule has 0 saturated heterocycles. The number of halogens is 2. The number of aryl methyl sites for hydroxylation is 1. The summed E-state index contributed by atoms with van der Waals surface area (Å²) in [6.07, 6.45) is 0.565. The predicted octanol–water partition coefficient (Wildman–Crippen LogP) is 4.30. The van der Waals surface area contributed by atoms with Gasteiger partial charge >= 0.3 is 0 Å². The van der Waals surface area contributed by atoms with Crippen LogP contribution in [0.25, 0.3) is 0 Å². The van der Waals surface area contributed by atoms with Gasteiger partial charge in [-0.1, -0.05) is 35.3 Å². The highest BCUT2D eigenvalue weighted by atomic mass is 35.5. The van der Waals surface area contributed by atoms with E-state index in [0.29, 0.717) is 46.6 Å². The number of nitrogens with zero attached hydrogens (tertiary/aromatic N) is 1. The van der Waals surface area contributed by atoms with Crippen molar-refractivity contribution in [3.05, 3.63) is 57.6 Å². The van der Waals surface area contributed by atoms with Crippen LogP contribution in [-0.2, 0) is 4.79 Å². The Labute approximate surface area is 149 Å². The van der Waals surface area contributed by atoms with E-state index < -0.39 is 11.7 Å². The van der Waals surface area contributed by atoms with Crippen molar-refractivity contribution in [1.29, 1.82) is 0 Å². The molecular weight excluding hydrogens is 349 g/mol. The molecule has 0 aromatic heterocycles. The van der Waals surface area contributed by atoms with Gasteiger partial charge in [-0.2, -0.15) is 0 Å². The molecule has 0 radical (unpaired) electrons. The van der Waals surface area contributed by atoms with Crippen molar-refractivity contribution in [1.82, 2.24) is 0 Å². The standard InChI is InChI=1S/C18H15Cl2NO3/c1-11-4-2-5-13-16(11)21(18(23)17(13)22)8-3-9-24-15-10-12(19)6-7-14(15)20/h2,4-7,10H,3,8-9H2,1H3. The van der Waals surface area contributed by atoms with Gasteiger partial charge in [-0.15, -0.1) is 0 Å². The zero-order valence-electron chi connectivity index (χ0n) is 13.0. The summed E-state index contributed by atoms with van der Waals surface area (Å²) >= 11 is 12.0. The first-order valence-corrected chi connectivity index (χ1v) is 8.28. The summed E-state index contributed by atoms with van der Waals surface area (Å²) in [7, 11) is 0. The fourth-order valence-corrected chi connectivity index (χ4v) is 3.08. The van der Waals surface area contributed by atoms with E-state index in [1.54, 1.807) is 30.3 Å². The average molecular weight is 364 g/mol. The number of fused-ring (bicyclic) bond motifs is 1. The van der Waals surface area contributed by atoms with E-state index >= 15 is 0 Å². The molecule has 1 aliphatic heterocycles. The van der Waals surface area contributed by atoms with Crippen molar-refractivity contribution in [2.45, 2.75) is 13.3 Å². The lowest BCUT2D eigenvalue weighted by Crippen LogP contribution is -2.31. The normalized spacial score (nSPS) is 13.4. The number of rotatable bonds is 5. The molecule has 124 valence electrons. The highest BCUT2D eigenvalue weighted by Gasteiger charge is 2.36. The Kier molecular flexibility index (Phi) is 4.78. The van der Waals surface area contributed by atoms with Crippen LogP contribution >= 0.6 is 23.2 Å². The summed E-state index contributed by atoms with van der Waals surface area (Å²) in [6.45, 7) is 2.65. The van der Waals surface area contributed by atoms with Gasteiger partial charge in [0.25, 0.3) is 11.7 Å². The number of ketones is 1. The quantitative estimate of drug-likeness (QED) is 0.587. The lowest BCUT2D eigenvalue weighted by Gasteiger charge is -2.18. The Morgan fingerprint density at radius 2 is 1.92 bits per heavy atom. The molecule has 6 heteroatoms. The maximum absolute atomic E-state index is 12.2. The molecule has 0 saturated carbocycles. The maximum Gasteiger partial charge on any atom is 0.299 e. The molecule has 0 unspecified atom stereocenters. The summed E-state index contributed by atoms with van der Waals surface area (Å²) in [5.74, 6) is -0.433. The van der Waals surface area contributed by atoms with Gasteiger partial charge in [-0.05, 0) is 37.1 Å². The average Bonchev–Trinajstić information content (AvgIpc) is 2.80. The van der Waals surface area contributed by atoms with Crippen LogP contribution in [0, 0.1) is 6.92 Å². The number of Topliss-reactive ketones (excluding diaryl/α,β-unsaturated/α-hetero) is 1. The maximum atomic E-state index is 12.2. The molecule has 0 bridgehead atoms. The minimum Gasteiger partial charge on any atom is -0.492 e. The van der Waals surface area contributed by atoms with Crippen LogP contribution in [0.1, 0.15) is 22.3 Å². The first-order valence-electron chi connectivity index (χ1n) is 7.52. The zero-order chi connectivity index (χ0) is 17.3. The molecule has 1 aliphatic rings. The molecule has 24 heavy (non-hydrogen) atoms. The van der Waals surface area contributed by atoms with Gasteiger partial charge in [-0.3, -0.25) is 9.59 Å². The summed E-state index contributed by atoms with van der Waals surface area (Å²) in [6, 6.07) is 10.4. The molecule has 1 amide bonds. The van der Waals surface area contributed by atoms with Crippen molar-refractivity contribution in [2.75, 3.05) is 18.1 Å². The lowest BCUT2D eigenvalue weighted by atomic mass is 10.1. The van der Waals surface area contributed by atoms with Gasteiger partial charge < -0.3 is 9.64 Å². The van der Waals surface area contributed by atoms with Gasteiger partial charge in [0.05, 0.1) is 22.9 Å². The largest absolute Gasteiger partial charge is 0.492 e. The summed E-state index contributed by atoms with van der Waals surface area (Å²) in [5, 5.41) is 1.02. The number of amides is 1. The highest BCUT2D eigenvalue weighted by molar-refractivity contribution is 6.52. The minimum atomic E-state index is -0.486. The number of carbonyl (C=O) groups excluding carboxylic acids is 2. The van der Waals surface area contributed by atoms with Crippen LogP contribution in [0.15, 0.2) is 36.4 Å². The third kappa shape index (κ3) is 3.12. The Hall–Kier alpha value is -2.04. The molecule has 4 nitrogen and oxygen atoms in total. The fourth-order valence-electron chi connectivity index (χ4n) is 2.75. The van der Waals surface area contributed by atoms with Gasteiger partial charge in [-0.25, -0.2) is 0 Å². The van der Waals surface area contributed by atoms with E-state index in [-0.39, 0.29) is 0 Å². The smallest absolute Gasteiger partial charge is 0.299 e. The molecule has 0 N–H and O–H groups in total. The molecule has 3 rings (SSSR count). The second-order valence-corrected chi connectivity index (χ2v) is 6.38. The molecular formula is C18H15Cl2NO3. The summed E-state index contributed by atoms with van der Waals surface area (Å²) in [4.78, 5) is 25.7. The first kappa shape index (κ1) is 16.8. The van der Waals surface area contributed by atoms with Crippen LogP contribution in [0.5, 0.6) is 5.75 Å². The number of hydrogen-bond acceptors (Lipinski definition) is 3. The van der Waals surface area contributed by atoms with Crippen LogP contribution in [0.4, 0.5) is 5.69 Å². The van der Waals surface area contributed by atoms with E-state index in [0.717, 1.165) is 5.56 Å². The Morgan fingerprint density at radius 3 is 2.71 bits per heavy atom. The van der Waals surface area contributed by atoms with Gasteiger partial charge in [0, 0.05) is 17.6 Å². The second-order valence-electron chi connectivity index (χ2n) is 5.53. The van der Waals surface area contributed by atoms with Crippen LogP contribution in [0.3, 0.4) is 0 Å². The van der Waals surface area contributed by atoms with Gasteiger partial charge in [0.2, 0.25) is 0 Å². The highest BCUT2D eigenvalue weighted by Crippen LogP contribution is 2.32. The zero-order valence-corrected chi connectivity index (χ0v) is 14.5. The van der Waals surface area contributed by atoms with E-state index in [4.69, 9.17) is 27.9 Å². The Bertz CT molecular complexity index is 820.